The highest BCUT2D eigenvalue weighted by molar-refractivity contribution is 5.90. The fourth-order valence-corrected chi connectivity index (χ4v) is 3.94. The van der Waals surface area contributed by atoms with E-state index in [1.807, 2.05) is 74.5 Å². The van der Waals surface area contributed by atoms with E-state index in [-0.39, 0.29) is 11.5 Å². The topological polar surface area (TPSA) is 80.6 Å². The van der Waals surface area contributed by atoms with Gasteiger partial charge < -0.3 is 14.5 Å². The van der Waals surface area contributed by atoms with Crippen LogP contribution >= 0.6 is 0 Å². The highest BCUT2D eigenvalue weighted by atomic mass is 16.5. The van der Waals surface area contributed by atoms with Gasteiger partial charge in [-0.05, 0) is 44.5 Å². The number of carbonyl (C=O) groups excluding carboxylic acids is 1. The van der Waals surface area contributed by atoms with Gasteiger partial charge in [0.05, 0.1) is 29.9 Å². The zero-order valence-corrected chi connectivity index (χ0v) is 19.1. The monoisotopic (exact) mass is 442 g/mol. The first kappa shape index (κ1) is 22.1. The van der Waals surface area contributed by atoms with Crippen molar-refractivity contribution in [1.29, 1.82) is 0 Å². The molecule has 0 aliphatic rings. The Bertz CT molecular complexity index is 1380. The van der Waals surface area contributed by atoms with Crippen LogP contribution in [-0.2, 0) is 4.74 Å². The van der Waals surface area contributed by atoms with Crippen molar-refractivity contribution in [3.8, 4) is 11.3 Å². The summed E-state index contributed by atoms with van der Waals surface area (Å²) in [6.07, 6.45) is -0.549. The standard InChI is InChI=1S/C27H26N2O4/c1-16-14-20(18(3)28-22-12-8-9-13-23(22)29-27(31)32-4)26-21(15-16)24(30)17(2)25(33-26)19-10-6-5-7-11-19/h5-15,18,28H,1-4H3,(H,29,31)/t18-/m1/s1. The minimum Gasteiger partial charge on any atom is -0.455 e. The molecule has 0 saturated heterocycles. The number of para-hydroxylation sites is 2. The molecule has 2 N–H and O–H groups in total. The average Bonchev–Trinajstić information content (AvgIpc) is 2.82. The molecule has 1 amide bonds. The van der Waals surface area contributed by atoms with Crippen molar-refractivity contribution in [2.45, 2.75) is 26.8 Å². The van der Waals surface area contributed by atoms with Gasteiger partial charge in [-0.2, -0.15) is 0 Å². The molecule has 6 heteroatoms. The molecule has 0 aliphatic heterocycles. The largest absolute Gasteiger partial charge is 0.455 e. The van der Waals surface area contributed by atoms with Crippen LogP contribution in [0.3, 0.4) is 0 Å². The summed E-state index contributed by atoms with van der Waals surface area (Å²) in [5.41, 5.74) is 5.08. The third kappa shape index (κ3) is 4.46. The molecule has 0 aliphatic carbocycles. The van der Waals surface area contributed by atoms with Crippen molar-refractivity contribution >= 4 is 28.4 Å². The maximum Gasteiger partial charge on any atom is 0.411 e. The van der Waals surface area contributed by atoms with Gasteiger partial charge in [0.15, 0.2) is 5.43 Å². The van der Waals surface area contributed by atoms with Gasteiger partial charge in [-0.3, -0.25) is 10.1 Å². The van der Waals surface area contributed by atoms with Gasteiger partial charge >= 0.3 is 6.09 Å². The molecule has 1 heterocycles. The number of methoxy groups -OCH3 is 1. The van der Waals surface area contributed by atoms with Gasteiger partial charge in [-0.1, -0.05) is 48.5 Å². The summed E-state index contributed by atoms with van der Waals surface area (Å²) in [4.78, 5) is 25.0. The van der Waals surface area contributed by atoms with Crippen LogP contribution in [0.5, 0.6) is 0 Å². The Hall–Kier alpha value is -4.06. The van der Waals surface area contributed by atoms with Gasteiger partial charge in [0, 0.05) is 16.7 Å². The molecule has 1 aromatic heterocycles. The highest BCUT2D eigenvalue weighted by Gasteiger charge is 2.19. The van der Waals surface area contributed by atoms with Crippen molar-refractivity contribution in [3.05, 3.63) is 93.6 Å². The lowest BCUT2D eigenvalue weighted by molar-refractivity contribution is 0.187. The number of hydrogen-bond donors (Lipinski definition) is 2. The number of anilines is 2. The third-order valence-corrected chi connectivity index (χ3v) is 5.62. The quantitative estimate of drug-likeness (QED) is 0.372. The van der Waals surface area contributed by atoms with Gasteiger partial charge in [0.1, 0.15) is 11.3 Å². The molecule has 0 bridgehead atoms. The number of rotatable bonds is 5. The van der Waals surface area contributed by atoms with E-state index in [0.29, 0.717) is 28.0 Å². The molecule has 0 fully saturated rings. The molecule has 0 unspecified atom stereocenters. The highest BCUT2D eigenvalue weighted by Crippen LogP contribution is 2.33. The molecule has 6 nitrogen and oxygen atoms in total. The summed E-state index contributed by atoms with van der Waals surface area (Å²) in [6, 6.07) is 20.7. The number of nitrogens with one attached hydrogen (secondary N) is 2. The van der Waals surface area contributed by atoms with Crippen LogP contribution in [0.2, 0.25) is 0 Å². The molecule has 4 aromatic rings. The average molecular weight is 443 g/mol. The number of amides is 1. The van der Waals surface area contributed by atoms with Gasteiger partial charge in [0.25, 0.3) is 0 Å². The van der Waals surface area contributed by atoms with E-state index in [0.717, 1.165) is 22.4 Å². The fourth-order valence-electron chi connectivity index (χ4n) is 3.94. The van der Waals surface area contributed by atoms with Crippen molar-refractivity contribution in [3.63, 3.8) is 0 Å². The Balaban J connectivity index is 1.82. The van der Waals surface area contributed by atoms with Crippen LogP contribution in [0.25, 0.3) is 22.3 Å². The Kier molecular flexibility index (Phi) is 6.18. The van der Waals surface area contributed by atoms with Gasteiger partial charge in [0.2, 0.25) is 0 Å². The number of hydrogen-bond acceptors (Lipinski definition) is 5. The molecule has 4 rings (SSSR count). The molecule has 0 radical (unpaired) electrons. The Labute approximate surface area is 192 Å². The maximum absolute atomic E-state index is 13.3. The van der Waals surface area contributed by atoms with E-state index in [4.69, 9.17) is 9.15 Å². The summed E-state index contributed by atoms with van der Waals surface area (Å²) in [5, 5.41) is 6.70. The lowest BCUT2D eigenvalue weighted by Crippen LogP contribution is -2.15. The number of benzene rings is 3. The number of carbonyl (C=O) groups is 1. The molecule has 0 spiro atoms. The molecule has 1 atom stereocenters. The number of ether oxygens (including phenoxy) is 1. The summed E-state index contributed by atoms with van der Waals surface area (Å²) in [5.74, 6) is 0.568. The first-order chi connectivity index (χ1) is 15.9. The van der Waals surface area contributed by atoms with E-state index in [1.165, 1.54) is 7.11 Å². The summed E-state index contributed by atoms with van der Waals surface area (Å²) in [7, 11) is 1.32. The van der Waals surface area contributed by atoms with E-state index in [1.54, 1.807) is 13.0 Å². The van der Waals surface area contributed by atoms with Crippen molar-refractivity contribution in [2.75, 3.05) is 17.7 Å². The SMILES string of the molecule is COC(=O)Nc1ccccc1N[C@H](C)c1cc(C)cc2c(=O)c(C)c(-c3ccccc3)oc12. The Morgan fingerprint density at radius 2 is 1.64 bits per heavy atom. The summed E-state index contributed by atoms with van der Waals surface area (Å²) >= 11 is 0. The molecule has 3 aromatic carbocycles. The lowest BCUT2D eigenvalue weighted by atomic mass is 9.98. The zero-order chi connectivity index (χ0) is 23.5. The Morgan fingerprint density at radius 1 is 0.970 bits per heavy atom. The number of aryl methyl sites for hydroxylation is 1. The third-order valence-electron chi connectivity index (χ3n) is 5.62. The molecule has 33 heavy (non-hydrogen) atoms. The second kappa shape index (κ2) is 9.20. The predicted molar refractivity (Wildman–Crippen MR) is 132 cm³/mol. The van der Waals surface area contributed by atoms with Crippen LogP contribution < -0.4 is 16.1 Å². The van der Waals surface area contributed by atoms with E-state index in [9.17, 15) is 9.59 Å². The van der Waals surface area contributed by atoms with E-state index < -0.39 is 6.09 Å². The fraction of sp³-hybridized carbons (Fsp3) is 0.185. The molecular weight excluding hydrogens is 416 g/mol. The van der Waals surface area contributed by atoms with Crippen LogP contribution in [0.15, 0.2) is 75.9 Å². The van der Waals surface area contributed by atoms with Gasteiger partial charge in [-0.15, -0.1) is 0 Å². The normalized spacial score (nSPS) is 11.8. The van der Waals surface area contributed by atoms with Gasteiger partial charge in [-0.25, -0.2) is 4.79 Å². The van der Waals surface area contributed by atoms with Crippen LogP contribution in [0.4, 0.5) is 16.2 Å². The molecule has 0 saturated carbocycles. The van der Waals surface area contributed by atoms with Crippen LogP contribution in [0, 0.1) is 13.8 Å². The summed E-state index contributed by atoms with van der Waals surface area (Å²) < 4.78 is 11.1. The maximum atomic E-state index is 13.3. The predicted octanol–water partition coefficient (Wildman–Crippen LogP) is 6.43. The first-order valence-corrected chi connectivity index (χ1v) is 10.7. The van der Waals surface area contributed by atoms with Crippen LogP contribution in [-0.4, -0.2) is 13.2 Å². The minimum absolute atomic E-state index is 0.0417. The molecule has 168 valence electrons. The second-order valence-corrected chi connectivity index (χ2v) is 8.01. The minimum atomic E-state index is -0.549. The van der Waals surface area contributed by atoms with E-state index in [2.05, 4.69) is 10.6 Å². The Morgan fingerprint density at radius 3 is 2.33 bits per heavy atom. The van der Waals surface area contributed by atoms with Crippen molar-refractivity contribution in [1.82, 2.24) is 0 Å². The first-order valence-electron chi connectivity index (χ1n) is 10.7. The lowest BCUT2D eigenvalue weighted by Gasteiger charge is -2.20. The van der Waals surface area contributed by atoms with Crippen LogP contribution in [0.1, 0.15) is 29.7 Å². The van der Waals surface area contributed by atoms with Crippen molar-refractivity contribution < 1.29 is 13.9 Å². The van der Waals surface area contributed by atoms with E-state index >= 15 is 0 Å². The molecular formula is C27H26N2O4. The summed E-state index contributed by atoms with van der Waals surface area (Å²) in [6.45, 7) is 5.75. The second-order valence-electron chi connectivity index (χ2n) is 8.01. The number of fused-ring (bicyclic) bond motifs is 1. The smallest absolute Gasteiger partial charge is 0.411 e. The zero-order valence-electron chi connectivity index (χ0n) is 19.1. The van der Waals surface area contributed by atoms with Crippen molar-refractivity contribution in [2.24, 2.45) is 0 Å².